The quantitative estimate of drug-likeness (QED) is 0.710. The zero-order valence-corrected chi connectivity index (χ0v) is 14.4. The van der Waals surface area contributed by atoms with Crippen molar-refractivity contribution in [3.63, 3.8) is 0 Å². The maximum absolute atomic E-state index is 11.6. The molecule has 0 saturated heterocycles. The number of hydrogen-bond acceptors (Lipinski definition) is 5. The molecule has 2 aromatic carbocycles. The molecule has 0 atom stereocenters. The summed E-state index contributed by atoms with van der Waals surface area (Å²) in [6.45, 7) is 4.39. The fourth-order valence-electron chi connectivity index (χ4n) is 3.07. The highest BCUT2D eigenvalue weighted by molar-refractivity contribution is 7.18. The molecular formula is C18H18N4OS. The number of rotatable bonds is 3. The molecule has 0 unspecified atom stereocenters. The van der Waals surface area contributed by atoms with Gasteiger partial charge < -0.3 is 15.8 Å². The molecular weight excluding hydrogens is 320 g/mol. The average Bonchev–Trinajstić information content (AvgIpc) is 3.14. The molecule has 1 aromatic heterocycles. The van der Waals surface area contributed by atoms with Crippen LogP contribution >= 0.6 is 11.3 Å². The van der Waals surface area contributed by atoms with Crippen molar-refractivity contribution in [2.45, 2.75) is 20.3 Å². The second-order valence-electron chi connectivity index (χ2n) is 5.93. The Morgan fingerprint density at radius 3 is 2.71 bits per heavy atom. The zero-order chi connectivity index (χ0) is 16.7. The van der Waals surface area contributed by atoms with Gasteiger partial charge in [0.2, 0.25) is 5.91 Å². The molecule has 3 aromatic rings. The number of nitrogens with one attached hydrogen (secondary N) is 2. The number of hydrazine groups is 1. The number of aryl methyl sites for hydroxylation is 1. The van der Waals surface area contributed by atoms with Gasteiger partial charge in [0.15, 0.2) is 0 Å². The molecule has 0 bridgehead atoms. The first-order chi connectivity index (χ1) is 11.6. The van der Waals surface area contributed by atoms with E-state index in [4.69, 9.17) is 0 Å². The maximum atomic E-state index is 11.6. The van der Waals surface area contributed by atoms with Gasteiger partial charge in [-0.1, -0.05) is 0 Å². The summed E-state index contributed by atoms with van der Waals surface area (Å²) >= 11 is 1.70. The van der Waals surface area contributed by atoms with Crippen molar-refractivity contribution in [2.24, 2.45) is 0 Å². The molecule has 24 heavy (non-hydrogen) atoms. The predicted molar refractivity (Wildman–Crippen MR) is 99.8 cm³/mol. The maximum Gasteiger partial charge on any atom is 0.223 e. The van der Waals surface area contributed by atoms with Gasteiger partial charge in [-0.3, -0.25) is 4.79 Å². The average molecular weight is 338 g/mol. The van der Waals surface area contributed by atoms with Crippen LogP contribution in [0.15, 0.2) is 36.4 Å². The largest absolute Gasteiger partial charge is 0.312 e. The molecule has 0 aliphatic carbocycles. The minimum absolute atomic E-state index is 0.0967. The summed E-state index contributed by atoms with van der Waals surface area (Å²) in [6.07, 6.45) is 0.897. The van der Waals surface area contributed by atoms with E-state index < -0.39 is 0 Å². The summed E-state index contributed by atoms with van der Waals surface area (Å²) in [6, 6.07) is 12.2. The van der Waals surface area contributed by atoms with Crippen molar-refractivity contribution in [2.75, 3.05) is 22.3 Å². The van der Waals surface area contributed by atoms with Crippen LogP contribution in [0.2, 0.25) is 0 Å². The molecule has 4 rings (SSSR count). The van der Waals surface area contributed by atoms with Crippen LogP contribution in [-0.4, -0.2) is 17.4 Å². The third-order valence-electron chi connectivity index (χ3n) is 4.20. The standard InChI is InChI=1S/C18H18N4OS/c1-11-19-16-10-15(4-6-18(16)24-11)21-20-14-3-5-17-13(9-14)7-8-22(17)12(2)23/h3-6,9-10,20-21H,7-8H2,1-2H3. The van der Waals surface area contributed by atoms with Crippen LogP contribution in [0.5, 0.6) is 0 Å². The number of nitrogens with zero attached hydrogens (tertiary/aromatic N) is 2. The van der Waals surface area contributed by atoms with Gasteiger partial charge in [0, 0.05) is 19.2 Å². The molecule has 5 nitrogen and oxygen atoms in total. The van der Waals surface area contributed by atoms with Gasteiger partial charge in [-0.05, 0) is 55.3 Å². The van der Waals surface area contributed by atoms with Crippen molar-refractivity contribution in [1.82, 2.24) is 4.98 Å². The fraction of sp³-hybridized carbons (Fsp3) is 0.222. The summed E-state index contributed by atoms with van der Waals surface area (Å²) in [5.41, 5.74) is 11.6. The monoisotopic (exact) mass is 338 g/mol. The molecule has 0 fully saturated rings. The number of amides is 1. The van der Waals surface area contributed by atoms with Crippen LogP contribution < -0.4 is 15.8 Å². The molecule has 0 spiro atoms. The van der Waals surface area contributed by atoms with Crippen LogP contribution in [0.25, 0.3) is 10.2 Å². The van der Waals surface area contributed by atoms with Crippen LogP contribution in [0.3, 0.4) is 0 Å². The summed E-state index contributed by atoms with van der Waals surface area (Å²) in [5, 5.41) is 1.07. The van der Waals surface area contributed by atoms with E-state index in [9.17, 15) is 4.79 Å². The van der Waals surface area contributed by atoms with Crippen LogP contribution in [0.4, 0.5) is 17.1 Å². The van der Waals surface area contributed by atoms with E-state index in [1.54, 1.807) is 18.3 Å². The van der Waals surface area contributed by atoms with Gasteiger partial charge in [0.1, 0.15) is 0 Å². The van der Waals surface area contributed by atoms with Gasteiger partial charge in [-0.25, -0.2) is 4.98 Å². The Morgan fingerprint density at radius 2 is 1.92 bits per heavy atom. The summed E-state index contributed by atoms with van der Waals surface area (Å²) < 4.78 is 1.19. The molecule has 1 aliphatic heterocycles. The van der Waals surface area contributed by atoms with E-state index in [1.165, 1.54) is 10.3 Å². The van der Waals surface area contributed by atoms with Crippen LogP contribution in [0, 0.1) is 6.92 Å². The van der Waals surface area contributed by atoms with Crippen molar-refractivity contribution in [3.05, 3.63) is 47.0 Å². The number of anilines is 3. The summed E-state index contributed by atoms with van der Waals surface area (Å²) in [4.78, 5) is 17.9. The molecule has 2 heterocycles. The van der Waals surface area contributed by atoms with E-state index in [-0.39, 0.29) is 5.91 Å². The summed E-state index contributed by atoms with van der Waals surface area (Å²) in [5.74, 6) is 0.0967. The molecule has 0 radical (unpaired) electrons. The van der Waals surface area contributed by atoms with E-state index >= 15 is 0 Å². The van der Waals surface area contributed by atoms with Gasteiger partial charge >= 0.3 is 0 Å². The van der Waals surface area contributed by atoms with E-state index in [2.05, 4.69) is 28.0 Å². The molecule has 1 amide bonds. The highest BCUT2D eigenvalue weighted by atomic mass is 32.1. The second kappa shape index (κ2) is 5.79. The van der Waals surface area contributed by atoms with Crippen molar-refractivity contribution in [3.8, 4) is 0 Å². The van der Waals surface area contributed by atoms with Crippen LogP contribution in [-0.2, 0) is 11.2 Å². The topological polar surface area (TPSA) is 57.3 Å². The lowest BCUT2D eigenvalue weighted by molar-refractivity contribution is -0.116. The lowest BCUT2D eigenvalue weighted by Gasteiger charge is -2.15. The smallest absolute Gasteiger partial charge is 0.223 e. The van der Waals surface area contributed by atoms with Crippen molar-refractivity contribution < 1.29 is 4.79 Å². The Hall–Kier alpha value is -2.60. The minimum Gasteiger partial charge on any atom is -0.312 e. The molecule has 6 heteroatoms. The van der Waals surface area contributed by atoms with Crippen LogP contribution in [0.1, 0.15) is 17.5 Å². The molecule has 2 N–H and O–H groups in total. The SMILES string of the molecule is CC(=O)N1CCc2cc(NNc3ccc4sc(C)nc4c3)ccc21. The number of fused-ring (bicyclic) bond motifs is 2. The van der Waals surface area contributed by atoms with Gasteiger partial charge in [-0.2, -0.15) is 0 Å². The number of benzene rings is 2. The van der Waals surface area contributed by atoms with Crippen molar-refractivity contribution >= 4 is 44.5 Å². The third kappa shape index (κ3) is 2.69. The Kier molecular flexibility index (Phi) is 3.61. The molecule has 1 aliphatic rings. The predicted octanol–water partition coefficient (Wildman–Crippen LogP) is 3.95. The third-order valence-corrected chi connectivity index (χ3v) is 5.15. The van der Waals surface area contributed by atoms with E-state index in [1.807, 2.05) is 36.1 Å². The highest BCUT2D eigenvalue weighted by Crippen LogP contribution is 2.30. The first kappa shape index (κ1) is 15.0. The Balaban J connectivity index is 1.50. The lowest BCUT2D eigenvalue weighted by atomic mass is 10.1. The first-order valence-corrected chi connectivity index (χ1v) is 8.72. The number of thiazole rings is 1. The normalized spacial score (nSPS) is 13.2. The molecule has 122 valence electrons. The number of hydrogen-bond donors (Lipinski definition) is 2. The highest BCUT2D eigenvalue weighted by Gasteiger charge is 2.21. The Labute approximate surface area is 144 Å². The minimum atomic E-state index is 0.0967. The summed E-state index contributed by atoms with van der Waals surface area (Å²) in [7, 11) is 0. The Bertz CT molecular complexity index is 934. The van der Waals surface area contributed by atoms with Gasteiger partial charge in [0.05, 0.1) is 26.6 Å². The van der Waals surface area contributed by atoms with E-state index in [0.29, 0.717) is 0 Å². The number of carbonyl (C=O) groups excluding carboxylic acids is 1. The molecule has 0 saturated carbocycles. The van der Waals surface area contributed by atoms with Gasteiger partial charge in [0.25, 0.3) is 0 Å². The second-order valence-corrected chi connectivity index (χ2v) is 7.16. The van der Waals surface area contributed by atoms with E-state index in [0.717, 1.165) is 40.6 Å². The Morgan fingerprint density at radius 1 is 1.17 bits per heavy atom. The van der Waals surface area contributed by atoms with Gasteiger partial charge in [-0.15, -0.1) is 11.3 Å². The fourth-order valence-corrected chi connectivity index (χ4v) is 3.88. The number of carbonyl (C=O) groups is 1. The first-order valence-electron chi connectivity index (χ1n) is 7.90. The van der Waals surface area contributed by atoms with Crippen molar-refractivity contribution in [1.29, 1.82) is 0 Å². The lowest BCUT2D eigenvalue weighted by Crippen LogP contribution is -2.25. The number of aromatic nitrogens is 1. The zero-order valence-electron chi connectivity index (χ0n) is 13.6.